The molecule has 1 aliphatic rings. The summed E-state index contributed by atoms with van der Waals surface area (Å²) in [6.45, 7) is 2.80. The number of rotatable bonds is 3. The Bertz CT molecular complexity index is 778. The summed E-state index contributed by atoms with van der Waals surface area (Å²) in [4.78, 5) is 17.2. The smallest absolute Gasteiger partial charge is 0.169 e. The molecule has 0 saturated heterocycles. The molecular formula is C16H17N5S. The van der Waals surface area contributed by atoms with Crippen LogP contribution in [0.4, 0.5) is 0 Å². The highest BCUT2D eigenvalue weighted by molar-refractivity contribution is 7.13. The number of aromatic nitrogens is 4. The monoisotopic (exact) mass is 311 g/mol. The van der Waals surface area contributed by atoms with Gasteiger partial charge in [0.2, 0.25) is 0 Å². The molecule has 0 bridgehead atoms. The fourth-order valence-corrected chi connectivity index (χ4v) is 3.48. The Labute approximate surface area is 133 Å². The highest BCUT2D eigenvalue weighted by Gasteiger charge is 2.19. The van der Waals surface area contributed by atoms with Crippen LogP contribution in [0.15, 0.2) is 36.2 Å². The van der Waals surface area contributed by atoms with E-state index in [9.17, 15) is 0 Å². The lowest BCUT2D eigenvalue weighted by molar-refractivity contribution is 0.240. The second-order valence-electron chi connectivity index (χ2n) is 5.63. The molecule has 1 aliphatic heterocycles. The number of thiophene rings is 1. The lowest BCUT2D eigenvalue weighted by atomic mass is 10.1. The van der Waals surface area contributed by atoms with Crippen molar-refractivity contribution in [3.63, 3.8) is 0 Å². The zero-order chi connectivity index (χ0) is 14.9. The Kier molecular flexibility index (Phi) is 3.48. The Morgan fingerprint density at radius 1 is 1.32 bits per heavy atom. The van der Waals surface area contributed by atoms with Crippen LogP contribution in [0.1, 0.15) is 17.0 Å². The summed E-state index contributed by atoms with van der Waals surface area (Å²) in [5, 5.41) is 2.06. The number of fused-ring (bicyclic) bond motifs is 1. The molecule has 0 amide bonds. The lowest BCUT2D eigenvalue weighted by Crippen LogP contribution is -2.31. The summed E-state index contributed by atoms with van der Waals surface area (Å²) < 4.78 is 1.99. The van der Waals surface area contributed by atoms with Crippen molar-refractivity contribution >= 4 is 11.3 Å². The maximum atomic E-state index is 4.75. The van der Waals surface area contributed by atoms with Gasteiger partial charge in [0.25, 0.3) is 0 Å². The first-order valence-corrected chi connectivity index (χ1v) is 8.24. The van der Waals surface area contributed by atoms with Gasteiger partial charge in [-0.15, -0.1) is 11.3 Å². The third-order valence-corrected chi connectivity index (χ3v) is 4.76. The van der Waals surface area contributed by atoms with Crippen LogP contribution in [-0.4, -0.2) is 31.0 Å². The van der Waals surface area contributed by atoms with E-state index in [1.807, 2.05) is 30.2 Å². The second kappa shape index (κ2) is 5.62. The van der Waals surface area contributed by atoms with Crippen molar-refractivity contribution in [2.24, 2.45) is 7.05 Å². The van der Waals surface area contributed by atoms with Crippen LogP contribution in [0, 0.1) is 0 Å². The van der Waals surface area contributed by atoms with E-state index in [0.717, 1.165) is 42.5 Å². The fraction of sp³-hybridized carbons (Fsp3) is 0.312. The minimum absolute atomic E-state index is 0.854. The Morgan fingerprint density at radius 2 is 2.27 bits per heavy atom. The zero-order valence-electron chi connectivity index (χ0n) is 12.4. The summed E-state index contributed by atoms with van der Waals surface area (Å²) in [6.07, 6.45) is 6.89. The number of imidazole rings is 1. The summed E-state index contributed by atoms with van der Waals surface area (Å²) in [7, 11) is 2.00. The molecule has 0 fully saturated rings. The van der Waals surface area contributed by atoms with Crippen molar-refractivity contribution in [3.8, 4) is 10.7 Å². The molecule has 22 heavy (non-hydrogen) atoms. The van der Waals surface area contributed by atoms with Gasteiger partial charge in [-0.3, -0.25) is 4.90 Å². The van der Waals surface area contributed by atoms with Crippen molar-refractivity contribution < 1.29 is 0 Å². The number of aryl methyl sites for hydroxylation is 1. The van der Waals surface area contributed by atoms with Gasteiger partial charge in [0.05, 0.1) is 22.6 Å². The predicted octanol–water partition coefficient (Wildman–Crippen LogP) is 2.50. The highest BCUT2D eigenvalue weighted by Crippen LogP contribution is 2.24. The topological polar surface area (TPSA) is 46.8 Å². The molecule has 3 aromatic heterocycles. The molecule has 112 valence electrons. The SMILES string of the molecule is Cn1cnc(CN2CCc3nc(-c4cccs4)ncc3C2)c1. The third-order valence-electron chi connectivity index (χ3n) is 3.90. The summed E-state index contributed by atoms with van der Waals surface area (Å²) in [6, 6.07) is 4.11. The molecule has 0 N–H and O–H groups in total. The average Bonchev–Trinajstić information content (AvgIpc) is 3.19. The zero-order valence-corrected chi connectivity index (χ0v) is 13.3. The van der Waals surface area contributed by atoms with Gasteiger partial charge >= 0.3 is 0 Å². The van der Waals surface area contributed by atoms with Gasteiger partial charge in [-0.2, -0.15) is 0 Å². The largest absolute Gasteiger partial charge is 0.340 e. The standard InChI is InChI=1S/C16H17N5S/c1-20-9-13(18-11-20)10-21-5-4-14-12(8-21)7-17-16(19-14)15-3-2-6-22-15/h2-3,6-7,9,11H,4-5,8,10H2,1H3. The van der Waals surface area contributed by atoms with E-state index in [1.165, 1.54) is 11.3 Å². The van der Waals surface area contributed by atoms with Crippen molar-refractivity contribution in [1.29, 1.82) is 0 Å². The van der Waals surface area contributed by atoms with Crippen LogP contribution in [0.3, 0.4) is 0 Å². The van der Waals surface area contributed by atoms with E-state index in [0.29, 0.717) is 0 Å². The minimum Gasteiger partial charge on any atom is -0.340 e. The quantitative estimate of drug-likeness (QED) is 0.745. The molecular weight excluding hydrogens is 294 g/mol. The van der Waals surface area contributed by atoms with Gasteiger partial charge < -0.3 is 4.57 Å². The number of hydrogen-bond donors (Lipinski definition) is 0. The molecule has 0 saturated carbocycles. The van der Waals surface area contributed by atoms with Gasteiger partial charge in [0, 0.05) is 51.1 Å². The van der Waals surface area contributed by atoms with Crippen molar-refractivity contribution in [2.75, 3.05) is 6.54 Å². The van der Waals surface area contributed by atoms with Crippen LogP contribution in [-0.2, 0) is 26.6 Å². The third kappa shape index (κ3) is 2.67. The number of hydrogen-bond acceptors (Lipinski definition) is 5. The Hall–Kier alpha value is -2.05. The second-order valence-corrected chi connectivity index (χ2v) is 6.58. The molecule has 4 rings (SSSR count). The van der Waals surface area contributed by atoms with E-state index in [1.54, 1.807) is 11.3 Å². The molecule has 0 aromatic carbocycles. The van der Waals surface area contributed by atoms with Crippen molar-refractivity contribution in [2.45, 2.75) is 19.5 Å². The van der Waals surface area contributed by atoms with Crippen LogP contribution in [0.2, 0.25) is 0 Å². The normalized spacial score (nSPS) is 15.0. The summed E-state index contributed by atoms with van der Waals surface area (Å²) >= 11 is 1.69. The fourth-order valence-electron chi connectivity index (χ4n) is 2.81. The summed E-state index contributed by atoms with van der Waals surface area (Å²) in [5.41, 5.74) is 3.54. The Balaban J connectivity index is 1.52. The molecule has 4 heterocycles. The van der Waals surface area contributed by atoms with Gasteiger partial charge in [-0.1, -0.05) is 6.07 Å². The van der Waals surface area contributed by atoms with Crippen molar-refractivity contribution in [3.05, 3.63) is 53.2 Å². The van der Waals surface area contributed by atoms with Gasteiger partial charge in [0.1, 0.15) is 0 Å². The van der Waals surface area contributed by atoms with Crippen LogP contribution in [0.25, 0.3) is 10.7 Å². The van der Waals surface area contributed by atoms with E-state index < -0.39 is 0 Å². The maximum absolute atomic E-state index is 4.75. The molecule has 0 spiro atoms. The molecule has 0 atom stereocenters. The van der Waals surface area contributed by atoms with E-state index in [4.69, 9.17) is 4.98 Å². The maximum Gasteiger partial charge on any atom is 0.169 e. The first kappa shape index (κ1) is 13.6. The molecule has 6 heteroatoms. The van der Waals surface area contributed by atoms with E-state index in [-0.39, 0.29) is 0 Å². The molecule has 3 aromatic rings. The first-order valence-electron chi connectivity index (χ1n) is 7.36. The van der Waals surface area contributed by atoms with Crippen LogP contribution >= 0.6 is 11.3 Å². The molecule has 0 aliphatic carbocycles. The molecule has 5 nitrogen and oxygen atoms in total. The Morgan fingerprint density at radius 3 is 3.05 bits per heavy atom. The average molecular weight is 311 g/mol. The minimum atomic E-state index is 0.854. The van der Waals surface area contributed by atoms with Crippen LogP contribution < -0.4 is 0 Å². The van der Waals surface area contributed by atoms with Gasteiger partial charge in [-0.05, 0) is 11.4 Å². The first-order chi connectivity index (χ1) is 10.8. The van der Waals surface area contributed by atoms with Gasteiger partial charge in [0.15, 0.2) is 5.82 Å². The van der Waals surface area contributed by atoms with E-state index in [2.05, 4.69) is 32.5 Å². The molecule has 0 radical (unpaired) electrons. The molecule has 0 unspecified atom stereocenters. The van der Waals surface area contributed by atoms with E-state index >= 15 is 0 Å². The number of nitrogens with zero attached hydrogens (tertiary/aromatic N) is 5. The predicted molar refractivity (Wildman–Crippen MR) is 86.4 cm³/mol. The van der Waals surface area contributed by atoms with Crippen molar-refractivity contribution in [1.82, 2.24) is 24.4 Å². The van der Waals surface area contributed by atoms with Crippen LogP contribution in [0.5, 0.6) is 0 Å². The van der Waals surface area contributed by atoms with Gasteiger partial charge in [-0.25, -0.2) is 15.0 Å². The lowest BCUT2D eigenvalue weighted by Gasteiger charge is -2.27. The highest BCUT2D eigenvalue weighted by atomic mass is 32.1. The summed E-state index contributed by atoms with van der Waals surface area (Å²) in [5.74, 6) is 0.854.